The van der Waals surface area contributed by atoms with Gasteiger partial charge in [0.1, 0.15) is 17.8 Å². The molecule has 3 rings (SSSR count). The van der Waals surface area contributed by atoms with Crippen molar-refractivity contribution >= 4 is 11.9 Å². The van der Waals surface area contributed by atoms with Crippen LogP contribution in [-0.4, -0.2) is 57.8 Å². The lowest BCUT2D eigenvalue weighted by molar-refractivity contribution is -0.196. The Hall–Kier alpha value is -1.70. The van der Waals surface area contributed by atoms with Gasteiger partial charge in [0.15, 0.2) is 0 Å². The third-order valence-electron chi connectivity index (χ3n) is 7.07. The van der Waals surface area contributed by atoms with E-state index in [1.165, 1.54) is 13.8 Å². The fraction of sp³-hybridized carbons (Fsp3) is 0.750. The number of esters is 2. The highest BCUT2D eigenvalue weighted by Gasteiger charge is 2.62. The zero-order chi connectivity index (χ0) is 23.3. The van der Waals surface area contributed by atoms with Crippen molar-refractivity contribution in [3.05, 3.63) is 23.3 Å². The summed E-state index contributed by atoms with van der Waals surface area (Å²) in [5.41, 5.74) is -0.614. The largest absolute Gasteiger partial charge is 0.459 e. The highest BCUT2D eigenvalue weighted by molar-refractivity contribution is 5.66. The van der Waals surface area contributed by atoms with Crippen molar-refractivity contribution in [2.75, 3.05) is 0 Å². The first kappa shape index (κ1) is 24.0. The topological polar surface area (TPSA) is 102 Å². The minimum absolute atomic E-state index is 0.0702. The molecule has 0 radical (unpaired) electrons. The average molecular weight is 437 g/mol. The molecule has 1 saturated heterocycles. The van der Waals surface area contributed by atoms with Gasteiger partial charge >= 0.3 is 11.9 Å². The van der Waals surface area contributed by atoms with Crippen LogP contribution >= 0.6 is 0 Å². The summed E-state index contributed by atoms with van der Waals surface area (Å²) in [6.07, 6.45) is 2.58. The minimum Gasteiger partial charge on any atom is -0.459 e. The van der Waals surface area contributed by atoms with Gasteiger partial charge in [-0.3, -0.25) is 9.59 Å². The molecular formula is C24H36O7. The van der Waals surface area contributed by atoms with Crippen molar-refractivity contribution in [2.24, 2.45) is 17.8 Å². The van der Waals surface area contributed by atoms with E-state index in [1.807, 2.05) is 26.0 Å². The third-order valence-corrected chi connectivity index (χ3v) is 7.07. The fourth-order valence-electron chi connectivity index (χ4n) is 5.87. The lowest BCUT2D eigenvalue weighted by Gasteiger charge is -2.48. The van der Waals surface area contributed by atoms with Gasteiger partial charge in [-0.2, -0.15) is 0 Å². The summed E-state index contributed by atoms with van der Waals surface area (Å²) in [4.78, 5) is 23.6. The summed E-state index contributed by atoms with van der Waals surface area (Å²) in [5, 5.41) is 22.9. The van der Waals surface area contributed by atoms with Crippen LogP contribution in [0.2, 0.25) is 0 Å². The predicted molar refractivity (Wildman–Crippen MR) is 114 cm³/mol. The minimum atomic E-state index is -1.51. The second kappa shape index (κ2) is 8.34. The molecule has 8 atom stereocenters. The zero-order valence-electron chi connectivity index (χ0n) is 19.5. The van der Waals surface area contributed by atoms with Crippen LogP contribution < -0.4 is 0 Å². The molecule has 174 valence electrons. The number of hydrogen-bond acceptors (Lipinski definition) is 7. The van der Waals surface area contributed by atoms with Gasteiger partial charge in [0.2, 0.25) is 0 Å². The Balaban J connectivity index is 2.16. The molecule has 0 aromatic carbocycles. The van der Waals surface area contributed by atoms with Crippen LogP contribution in [0.25, 0.3) is 0 Å². The molecule has 0 unspecified atom stereocenters. The van der Waals surface area contributed by atoms with Gasteiger partial charge in [0, 0.05) is 38.0 Å². The lowest BCUT2D eigenvalue weighted by atomic mass is 9.60. The Bertz CT molecular complexity index is 788. The smallest absolute Gasteiger partial charge is 0.303 e. The predicted octanol–water partition coefficient (Wildman–Crippen LogP) is 2.69. The summed E-state index contributed by atoms with van der Waals surface area (Å²) in [5.74, 6) is -1.82. The SMILES string of the molecule is CC(=O)O[C@H]1C=C(C)[C@H]2[C@@H]([C@H]1C(C)(C)O)[C@H]1O[C@@H]2C/C(C)=C/C[C@H](OC(C)=O)[C@@]1(C)O. The average Bonchev–Trinajstić information content (AvgIpc) is 2.97. The van der Waals surface area contributed by atoms with Crippen LogP contribution in [0.5, 0.6) is 0 Å². The molecule has 2 N–H and O–H groups in total. The van der Waals surface area contributed by atoms with E-state index in [4.69, 9.17) is 14.2 Å². The number of rotatable bonds is 3. The number of carbonyl (C=O) groups is 2. The van der Waals surface area contributed by atoms with Gasteiger partial charge in [-0.05, 0) is 47.1 Å². The molecule has 1 fully saturated rings. The number of hydrogen-bond donors (Lipinski definition) is 2. The Kier molecular flexibility index (Phi) is 6.44. The first-order chi connectivity index (χ1) is 14.2. The number of carbonyl (C=O) groups excluding carboxylic acids is 2. The van der Waals surface area contributed by atoms with Crippen molar-refractivity contribution in [3.8, 4) is 0 Å². The van der Waals surface area contributed by atoms with Crippen molar-refractivity contribution in [3.63, 3.8) is 0 Å². The van der Waals surface area contributed by atoms with Crippen molar-refractivity contribution < 1.29 is 34.0 Å². The molecule has 31 heavy (non-hydrogen) atoms. The second-order valence-electron chi connectivity index (χ2n) is 10.2. The Morgan fingerprint density at radius 2 is 1.81 bits per heavy atom. The van der Waals surface area contributed by atoms with Crippen LogP contribution in [0.3, 0.4) is 0 Å². The Morgan fingerprint density at radius 3 is 2.35 bits per heavy atom. The first-order valence-corrected chi connectivity index (χ1v) is 11.0. The lowest BCUT2D eigenvalue weighted by Crippen LogP contribution is -2.59. The molecule has 0 spiro atoms. The zero-order valence-corrected chi connectivity index (χ0v) is 19.5. The maximum absolute atomic E-state index is 11.8. The molecular weight excluding hydrogens is 400 g/mol. The van der Waals surface area contributed by atoms with E-state index in [9.17, 15) is 19.8 Å². The summed E-state index contributed by atoms with van der Waals surface area (Å²) in [7, 11) is 0. The summed E-state index contributed by atoms with van der Waals surface area (Å²) < 4.78 is 17.7. The second-order valence-corrected chi connectivity index (χ2v) is 10.2. The maximum atomic E-state index is 11.8. The van der Waals surface area contributed by atoms with E-state index in [0.29, 0.717) is 12.8 Å². The molecule has 0 aromatic rings. The van der Waals surface area contributed by atoms with Crippen molar-refractivity contribution in [1.29, 1.82) is 0 Å². The highest BCUT2D eigenvalue weighted by Crippen LogP contribution is 2.54. The molecule has 2 heterocycles. The van der Waals surface area contributed by atoms with Gasteiger partial charge in [-0.1, -0.05) is 17.2 Å². The maximum Gasteiger partial charge on any atom is 0.303 e. The highest BCUT2D eigenvalue weighted by atomic mass is 16.6. The third kappa shape index (κ3) is 4.59. The summed E-state index contributed by atoms with van der Waals surface area (Å²) >= 11 is 0. The molecule has 0 amide bonds. The van der Waals surface area contributed by atoms with Crippen LogP contribution in [0.1, 0.15) is 61.3 Å². The Morgan fingerprint density at radius 1 is 1.19 bits per heavy atom. The first-order valence-electron chi connectivity index (χ1n) is 11.0. The molecule has 0 saturated carbocycles. The fourth-order valence-corrected chi connectivity index (χ4v) is 5.87. The molecule has 2 bridgehead atoms. The molecule has 1 aliphatic carbocycles. The molecule has 0 aromatic heterocycles. The van der Waals surface area contributed by atoms with Crippen LogP contribution in [0, 0.1) is 17.8 Å². The Labute approximate surface area is 184 Å². The van der Waals surface area contributed by atoms with Gasteiger partial charge < -0.3 is 24.4 Å². The molecule has 7 nitrogen and oxygen atoms in total. The summed E-state index contributed by atoms with van der Waals surface area (Å²) in [6.45, 7) is 11.7. The normalized spacial score (nSPS) is 42.2. The van der Waals surface area contributed by atoms with Gasteiger partial charge in [0.05, 0.1) is 17.8 Å². The number of aliphatic hydroxyl groups is 2. The number of fused-ring (bicyclic) bond motifs is 5. The van der Waals surface area contributed by atoms with Crippen LogP contribution in [0.15, 0.2) is 23.3 Å². The van der Waals surface area contributed by atoms with E-state index in [-0.39, 0.29) is 17.9 Å². The van der Waals surface area contributed by atoms with E-state index < -0.39 is 47.4 Å². The number of ether oxygens (including phenoxy) is 3. The van der Waals surface area contributed by atoms with Crippen molar-refractivity contribution in [1.82, 2.24) is 0 Å². The van der Waals surface area contributed by atoms with Crippen molar-refractivity contribution in [2.45, 2.75) is 96.9 Å². The van der Waals surface area contributed by atoms with Gasteiger partial charge in [-0.15, -0.1) is 0 Å². The van der Waals surface area contributed by atoms with Crippen LogP contribution in [-0.2, 0) is 23.8 Å². The van der Waals surface area contributed by atoms with Crippen LogP contribution in [0.4, 0.5) is 0 Å². The molecule has 2 aliphatic heterocycles. The van der Waals surface area contributed by atoms with E-state index in [2.05, 4.69) is 0 Å². The van der Waals surface area contributed by atoms with Gasteiger partial charge in [-0.25, -0.2) is 0 Å². The van der Waals surface area contributed by atoms with Gasteiger partial charge in [0.25, 0.3) is 0 Å². The summed E-state index contributed by atoms with van der Waals surface area (Å²) in [6, 6.07) is 0. The standard InChI is InChI=1S/C24H36O7/c1-12-8-9-18(30-15(4)26)24(7,28)22-20-19(16(10-12)31-22)13(2)11-17(29-14(3)25)21(20)23(5,6)27/h8,11,16-22,27-28H,9-10H2,1-7H3/b12-8+/t16-,17+,18+,19-,20+,21+,22-,24-/m1/s1. The molecule has 3 aliphatic rings. The molecule has 7 heteroatoms. The van der Waals surface area contributed by atoms with E-state index in [0.717, 1.165) is 11.1 Å². The van der Waals surface area contributed by atoms with E-state index >= 15 is 0 Å². The monoisotopic (exact) mass is 436 g/mol. The quantitative estimate of drug-likeness (QED) is 0.518. The van der Waals surface area contributed by atoms with E-state index in [1.54, 1.807) is 20.8 Å².